The van der Waals surface area contributed by atoms with Gasteiger partial charge in [0.15, 0.2) is 6.29 Å². The predicted octanol–water partition coefficient (Wildman–Crippen LogP) is 3.42. The van der Waals surface area contributed by atoms with Crippen LogP contribution >= 0.6 is 0 Å². The second kappa shape index (κ2) is 6.86. The number of methoxy groups -OCH3 is 1. The SMILES string of the molecule is CCc1c(C(=O)OC(C)(C)C)[nH]c(C=O)c1-c1cccc(OC)n1. The number of nitrogens with one attached hydrogen (secondary N) is 1. The number of hydrogen-bond donors (Lipinski definition) is 1. The standard InChI is InChI=1S/C18H22N2O4/c1-6-11-15(12-8-7-9-14(19-12)23-5)13(10-21)20-16(11)17(22)24-18(2,3)4/h7-10,20H,6H2,1-5H3. The molecular formula is C18H22N2O4. The van der Waals surface area contributed by atoms with E-state index in [2.05, 4.69) is 9.97 Å². The highest BCUT2D eigenvalue weighted by Gasteiger charge is 2.26. The average Bonchev–Trinajstić information content (AvgIpc) is 2.92. The zero-order valence-corrected chi connectivity index (χ0v) is 14.6. The summed E-state index contributed by atoms with van der Waals surface area (Å²) in [5.41, 5.74) is 1.84. The van der Waals surface area contributed by atoms with E-state index in [4.69, 9.17) is 9.47 Å². The topological polar surface area (TPSA) is 81.3 Å². The number of hydrogen-bond acceptors (Lipinski definition) is 5. The van der Waals surface area contributed by atoms with Crippen LogP contribution in [0.5, 0.6) is 5.88 Å². The fraction of sp³-hybridized carbons (Fsp3) is 0.389. The first-order valence-electron chi connectivity index (χ1n) is 7.75. The van der Waals surface area contributed by atoms with Crippen LogP contribution in [0.15, 0.2) is 18.2 Å². The lowest BCUT2D eigenvalue weighted by atomic mass is 10.0. The molecule has 6 heteroatoms. The van der Waals surface area contributed by atoms with Gasteiger partial charge >= 0.3 is 5.97 Å². The first-order chi connectivity index (χ1) is 11.3. The van der Waals surface area contributed by atoms with Crippen molar-refractivity contribution >= 4 is 12.3 Å². The van der Waals surface area contributed by atoms with E-state index < -0.39 is 11.6 Å². The van der Waals surface area contributed by atoms with Gasteiger partial charge in [0.1, 0.15) is 11.3 Å². The van der Waals surface area contributed by atoms with Crippen LogP contribution in [0.2, 0.25) is 0 Å². The molecule has 2 aromatic rings. The number of H-pyrrole nitrogens is 1. The molecule has 0 bridgehead atoms. The summed E-state index contributed by atoms with van der Waals surface area (Å²) in [6, 6.07) is 5.28. The monoisotopic (exact) mass is 330 g/mol. The van der Waals surface area contributed by atoms with Crippen molar-refractivity contribution in [2.75, 3.05) is 7.11 Å². The summed E-state index contributed by atoms with van der Waals surface area (Å²) < 4.78 is 10.6. The van der Waals surface area contributed by atoms with Crippen molar-refractivity contribution < 1.29 is 19.1 Å². The van der Waals surface area contributed by atoms with Gasteiger partial charge in [0, 0.05) is 11.6 Å². The molecule has 0 saturated carbocycles. The lowest BCUT2D eigenvalue weighted by Crippen LogP contribution is -2.24. The largest absolute Gasteiger partial charge is 0.481 e. The number of carbonyl (C=O) groups is 2. The molecule has 128 valence electrons. The Bertz CT molecular complexity index is 757. The summed E-state index contributed by atoms with van der Waals surface area (Å²) in [4.78, 5) is 31.2. The Hall–Kier alpha value is -2.63. The number of aldehydes is 1. The molecule has 0 spiro atoms. The van der Waals surface area contributed by atoms with E-state index in [9.17, 15) is 9.59 Å². The van der Waals surface area contributed by atoms with Crippen molar-refractivity contribution in [2.24, 2.45) is 0 Å². The van der Waals surface area contributed by atoms with E-state index in [1.54, 1.807) is 39.0 Å². The maximum atomic E-state index is 12.5. The third kappa shape index (κ3) is 3.64. The lowest BCUT2D eigenvalue weighted by Gasteiger charge is -2.19. The molecule has 0 radical (unpaired) electrons. The van der Waals surface area contributed by atoms with Crippen LogP contribution < -0.4 is 4.74 Å². The summed E-state index contributed by atoms with van der Waals surface area (Å²) in [5, 5.41) is 0. The molecule has 24 heavy (non-hydrogen) atoms. The summed E-state index contributed by atoms with van der Waals surface area (Å²) in [6.07, 6.45) is 1.23. The van der Waals surface area contributed by atoms with E-state index in [1.807, 2.05) is 6.92 Å². The Morgan fingerprint density at radius 2 is 2.04 bits per heavy atom. The number of esters is 1. The lowest BCUT2D eigenvalue weighted by molar-refractivity contribution is 0.00624. The van der Waals surface area contributed by atoms with Gasteiger partial charge in [0.25, 0.3) is 0 Å². The Balaban J connectivity index is 2.59. The molecule has 0 aliphatic heterocycles. The molecule has 0 unspecified atom stereocenters. The van der Waals surface area contributed by atoms with Gasteiger partial charge in [0.2, 0.25) is 5.88 Å². The van der Waals surface area contributed by atoms with Crippen LogP contribution in [-0.2, 0) is 11.2 Å². The third-order valence-corrected chi connectivity index (χ3v) is 3.40. The van der Waals surface area contributed by atoms with Crippen molar-refractivity contribution in [3.8, 4) is 17.1 Å². The number of ether oxygens (including phenoxy) is 2. The van der Waals surface area contributed by atoms with Crippen molar-refractivity contribution in [1.82, 2.24) is 9.97 Å². The minimum Gasteiger partial charge on any atom is -0.481 e. The quantitative estimate of drug-likeness (QED) is 0.671. The smallest absolute Gasteiger partial charge is 0.355 e. The first-order valence-corrected chi connectivity index (χ1v) is 7.75. The Kier molecular flexibility index (Phi) is 5.07. The van der Waals surface area contributed by atoms with E-state index >= 15 is 0 Å². The number of carbonyl (C=O) groups excluding carboxylic acids is 2. The highest BCUT2D eigenvalue weighted by atomic mass is 16.6. The zero-order valence-electron chi connectivity index (χ0n) is 14.6. The molecule has 0 atom stereocenters. The fourth-order valence-corrected chi connectivity index (χ4v) is 2.47. The summed E-state index contributed by atoms with van der Waals surface area (Å²) in [6.45, 7) is 7.30. The summed E-state index contributed by atoms with van der Waals surface area (Å²) in [5.74, 6) is -0.0528. The predicted molar refractivity (Wildman–Crippen MR) is 90.5 cm³/mol. The summed E-state index contributed by atoms with van der Waals surface area (Å²) >= 11 is 0. The van der Waals surface area contributed by atoms with Gasteiger partial charge < -0.3 is 14.5 Å². The molecule has 2 rings (SSSR count). The minimum atomic E-state index is -0.622. The first kappa shape index (κ1) is 17.7. The molecular weight excluding hydrogens is 308 g/mol. The average molecular weight is 330 g/mol. The maximum Gasteiger partial charge on any atom is 0.355 e. The Labute approximate surface area is 141 Å². The second-order valence-corrected chi connectivity index (χ2v) is 6.31. The number of pyridine rings is 1. The molecule has 0 aliphatic rings. The van der Waals surface area contributed by atoms with Gasteiger partial charge in [-0.05, 0) is 38.8 Å². The summed E-state index contributed by atoms with van der Waals surface area (Å²) in [7, 11) is 1.52. The van der Waals surface area contributed by atoms with Crippen molar-refractivity contribution in [3.63, 3.8) is 0 Å². The molecule has 0 saturated heterocycles. The van der Waals surface area contributed by atoms with Gasteiger partial charge in [-0.3, -0.25) is 4.79 Å². The van der Waals surface area contributed by atoms with Crippen molar-refractivity contribution in [3.05, 3.63) is 35.2 Å². The van der Waals surface area contributed by atoms with E-state index in [0.29, 0.717) is 41.1 Å². The van der Waals surface area contributed by atoms with Crippen LogP contribution in [0.25, 0.3) is 11.3 Å². The van der Waals surface area contributed by atoms with Crippen LogP contribution in [0.1, 0.15) is 54.2 Å². The van der Waals surface area contributed by atoms with Gasteiger partial charge in [0.05, 0.1) is 18.5 Å². The fourth-order valence-electron chi connectivity index (χ4n) is 2.47. The normalized spacial score (nSPS) is 11.2. The molecule has 6 nitrogen and oxygen atoms in total. The molecule has 0 fully saturated rings. The maximum absolute atomic E-state index is 12.5. The van der Waals surface area contributed by atoms with Crippen LogP contribution in [0, 0.1) is 0 Å². The molecule has 0 aliphatic carbocycles. The van der Waals surface area contributed by atoms with E-state index in [1.165, 1.54) is 7.11 Å². The number of nitrogens with zero attached hydrogens (tertiary/aromatic N) is 1. The van der Waals surface area contributed by atoms with Crippen molar-refractivity contribution in [1.29, 1.82) is 0 Å². The van der Waals surface area contributed by atoms with Crippen LogP contribution in [0.3, 0.4) is 0 Å². The zero-order chi connectivity index (χ0) is 17.9. The van der Waals surface area contributed by atoms with Crippen LogP contribution in [0.4, 0.5) is 0 Å². The Morgan fingerprint density at radius 3 is 2.58 bits per heavy atom. The number of aromatic amines is 1. The van der Waals surface area contributed by atoms with Gasteiger partial charge in [-0.1, -0.05) is 13.0 Å². The molecule has 2 heterocycles. The molecule has 0 amide bonds. The van der Waals surface area contributed by atoms with E-state index in [-0.39, 0.29) is 5.69 Å². The second-order valence-electron chi connectivity index (χ2n) is 6.31. The Morgan fingerprint density at radius 1 is 1.33 bits per heavy atom. The molecule has 2 aromatic heterocycles. The van der Waals surface area contributed by atoms with Crippen LogP contribution in [-0.4, -0.2) is 34.9 Å². The molecule has 1 N–H and O–H groups in total. The number of aromatic nitrogens is 2. The highest BCUT2D eigenvalue weighted by Crippen LogP contribution is 2.31. The molecule has 0 aromatic carbocycles. The third-order valence-electron chi connectivity index (χ3n) is 3.40. The van der Waals surface area contributed by atoms with Gasteiger partial charge in [-0.2, -0.15) is 0 Å². The van der Waals surface area contributed by atoms with E-state index in [0.717, 1.165) is 0 Å². The van der Waals surface area contributed by atoms with Gasteiger partial charge in [-0.25, -0.2) is 9.78 Å². The van der Waals surface area contributed by atoms with Crippen molar-refractivity contribution in [2.45, 2.75) is 39.7 Å². The van der Waals surface area contributed by atoms with Gasteiger partial charge in [-0.15, -0.1) is 0 Å². The minimum absolute atomic E-state index is 0.286. The highest BCUT2D eigenvalue weighted by molar-refractivity contribution is 5.97. The number of rotatable bonds is 5.